The van der Waals surface area contributed by atoms with Crippen LogP contribution in [0, 0.1) is 12.8 Å². The van der Waals surface area contributed by atoms with E-state index in [1.807, 2.05) is 13.8 Å². The summed E-state index contributed by atoms with van der Waals surface area (Å²) in [5.41, 5.74) is 1.50. The first-order valence-corrected chi connectivity index (χ1v) is 14.8. The van der Waals surface area contributed by atoms with Crippen molar-refractivity contribution in [3.63, 3.8) is 0 Å². The predicted molar refractivity (Wildman–Crippen MR) is 156 cm³/mol. The number of para-hydroxylation sites is 1. The number of amides is 2. The van der Waals surface area contributed by atoms with E-state index in [9.17, 15) is 18.0 Å². The average molecular weight is 591 g/mol. The number of anilines is 1. The number of rotatable bonds is 11. The first-order valence-electron chi connectivity index (χ1n) is 12.6. The summed E-state index contributed by atoms with van der Waals surface area (Å²) in [7, 11) is -4.13. The first-order chi connectivity index (χ1) is 18.4. The lowest BCUT2D eigenvalue weighted by atomic mass is 10.1. The molecule has 39 heavy (non-hydrogen) atoms. The normalized spacial score (nSPS) is 12.2. The lowest BCUT2D eigenvalue weighted by Crippen LogP contribution is -2.51. The molecule has 3 aromatic rings. The third-order valence-electron chi connectivity index (χ3n) is 6.24. The molecule has 0 spiro atoms. The Kier molecular flexibility index (Phi) is 10.4. The van der Waals surface area contributed by atoms with Gasteiger partial charge in [-0.2, -0.15) is 0 Å². The number of nitrogens with zero attached hydrogens (tertiary/aromatic N) is 2. The van der Waals surface area contributed by atoms with E-state index < -0.39 is 28.5 Å². The molecular weight excluding hydrogens is 557 g/mol. The van der Waals surface area contributed by atoms with E-state index in [2.05, 4.69) is 5.32 Å². The summed E-state index contributed by atoms with van der Waals surface area (Å²) >= 11 is 12.8. The molecular formula is C29H33Cl2N3O4S. The van der Waals surface area contributed by atoms with Gasteiger partial charge in [0.2, 0.25) is 11.8 Å². The molecule has 0 fully saturated rings. The predicted octanol–water partition coefficient (Wildman–Crippen LogP) is 5.69. The van der Waals surface area contributed by atoms with Gasteiger partial charge in [0.1, 0.15) is 12.6 Å². The van der Waals surface area contributed by atoms with Gasteiger partial charge in [-0.15, -0.1) is 0 Å². The highest BCUT2D eigenvalue weighted by molar-refractivity contribution is 7.92. The van der Waals surface area contributed by atoms with Gasteiger partial charge < -0.3 is 10.2 Å². The Balaban J connectivity index is 2.05. The third kappa shape index (κ3) is 7.53. The van der Waals surface area contributed by atoms with Crippen molar-refractivity contribution in [2.24, 2.45) is 5.92 Å². The quantitative estimate of drug-likeness (QED) is 0.311. The summed E-state index contributed by atoms with van der Waals surface area (Å²) < 4.78 is 28.7. The first kappa shape index (κ1) is 30.5. The van der Waals surface area contributed by atoms with Crippen LogP contribution in [-0.2, 0) is 26.2 Å². The van der Waals surface area contributed by atoms with Gasteiger partial charge in [-0.25, -0.2) is 8.42 Å². The van der Waals surface area contributed by atoms with Crippen LogP contribution in [0.3, 0.4) is 0 Å². The maximum atomic E-state index is 14.0. The van der Waals surface area contributed by atoms with E-state index in [4.69, 9.17) is 23.2 Å². The maximum Gasteiger partial charge on any atom is 0.264 e. The number of aryl methyl sites for hydroxylation is 1. The molecule has 1 N–H and O–H groups in total. The molecule has 0 aliphatic rings. The van der Waals surface area contributed by atoms with E-state index >= 15 is 0 Å². The van der Waals surface area contributed by atoms with Crippen LogP contribution in [0.5, 0.6) is 0 Å². The fraction of sp³-hybridized carbons (Fsp3) is 0.310. The Morgan fingerprint density at radius 3 is 2.05 bits per heavy atom. The van der Waals surface area contributed by atoms with Crippen molar-refractivity contribution in [2.45, 2.75) is 45.2 Å². The molecule has 0 radical (unpaired) electrons. The highest BCUT2D eigenvalue weighted by Gasteiger charge is 2.33. The van der Waals surface area contributed by atoms with Gasteiger partial charge in [-0.1, -0.05) is 79.5 Å². The minimum atomic E-state index is -4.13. The number of halogens is 2. The third-order valence-corrected chi connectivity index (χ3v) is 8.72. The van der Waals surface area contributed by atoms with Crippen LogP contribution in [0.25, 0.3) is 0 Å². The molecule has 0 aromatic heterocycles. The highest BCUT2D eigenvalue weighted by atomic mass is 35.5. The molecule has 0 aliphatic carbocycles. The topological polar surface area (TPSA) is 86.8 Å². The Morgan fingerprint density at radius 2 is 1.46 bits per heavy atom. The smallest absolute Gasteiger partial charge is 0.264 e. The number of hydrogen-bond acceptors (Lipinski definition) is 4. The van der Waals surface area contributed by atoms with Gasteiger partial charge in [0.25, 0.3) is 10.0 Å². The second kappa shape index (κ2) is 13.3. The van der Waals surface area contributed by atoms with Crippen LogP contribution in [0.1, 0.15) is 31.9 Å². The number of benzene rings is 3. The van der Waals surface area contributed by atoms with Crippen LogP contribution < -0.4 is 9.62 Å². The summed E-state index contributed by atoms with van der Waals surface area (Å²) in [6.45, 7) is 7.11. The molecule has 2 amide bonds. The summed E-state index contributed by atoms with van der Waals surface area (Å²) in [6.07, 6.45) is 0. The lowest BCUT2D eigenvalue weighted by Gasteiger charge is -2.33. The molecule has 0 aliphatic heterocycles. The Labute approximate surface area is 240 Å². The number of hydrogen-bond donors (Lipinski definition) is 1. The van der Waals surface area contributed by atoms with Crippen LogP contribution in [0.15, 0.2) is 77.7 Å². The number of carbonyl (C=O) groups excluding carboxylic acids is 2. The molecule has 0 unspecified atom stereocenters. The minimum Gasteiger partial charge on any atom is -0.354 e. The molecule has 0 bridgehead atoms. The second-order valence-electron chi connectivity index (χ2n) is 9.65. The van der Waals surface area contributed by atoms with Gasteiger partial charge in [-0.3, -0.25) is 13.9 Å². The van der Waals surface area contributed by atoms with Crippen molar-refractivity contribution in [1.29, 1.82) is 0 Å². The summed E-state index contributed by atoms with van der Waals surface area (Å²) in [5, 5.41) is 3.52. The van der Waals surface area contributed by atoms with Gasteiger partial charge in [0.05, 0.1) is 10.6 Å². The number of carbonyl (C=O) groups is 2. The molecule has 208 valence electrons. The van der Waals surface area contributed by atoms with Crippen molar-refractivity contribution in [3.05, 3.63) is 94.0 Å². The number of nitrogens with one attached hydrogen (secondary N) is 1. The van der Waals surface area contributed by atoms with Gasteiger partial charge in [0.15, 0.2) is 0 Å². The molecule has 0 heterocycles. The van der Waals surface area contributed by atoms with E-state index in [1.165, 1.54) is 17.0 Å². The molecule has 10 heteroatoms. The van der Waals surface area contributed by atoms with Crippen molar-refractivity contribution in [3.8, 4) is 0 Å². The Hall–Kier alpha value is -3.07. The molecule has 3 aromatic carbocycles. The van der Waals surface area contributed by atoms with Crippen molar-refractivity contribution >= 4 is 50.7 Å². The fourth-order valence-electron chi connectivity index (χ4n) is 3.97. The largest absolute Gasteiger partial charge is 0.354 e. The molecule has 7 nitrogen and oxygen atoms in total. The summed E-state index contributed by atoms with van der Waals surface area (Å²) in [6, 6.07) is 18.9. The van der Waals surface area contributed by atoms with Gasteiger partial charge in [-0.05, 0) is 55.7 Å². The zero-order valence-electron chi connectivity index (χ0n) is 22.4. The van der Waals surface area contributed by atoms with Gasteiger partial charge in [0, 0.05) is 28.7 Å². The van der Waals surface area contributed by atoms with Crippen LogP contribution in [0.2, 0.25) is 10.0 Å². The van der Waals surface area contributed by atoms with Crippen molar-refractivity contribution in [2.75, 3.05) is 17.4 Å². The van der Waals surface area contributed by atoms with Crippen LogP contribution >= 0.6 is 23.2 Å². The lowest BCUT2D eigenvalue weighted by molar-refractivity contribution is -0.139. The maximum absolute atomic E-state index is 14.0. The SMILES string of the molecule is Cc1ccccc1N(CC(=O)N(Cc1c(Cl)cccc1Cl)[C@H](C)C(=O)NCC(C)C)S(=O)(=O)c1ccccc1. The summed E-state index contributed by atoms with van der Waals surface area (Å²) in [5.74, 6) is -0.745. The number of sulfonamides is 1. The second-order valence-corrected chi connectivity index (χ2v) is 12.3. The van der Waals surface area contributed by atoms with E-state index in [0.717, 1.165) is 4.31 Å². The highest BCUT2D eigenvalue weighted by Crippen LogP contribution is 2.29. The monoisotopic (exact) mass is 589 g/mol. The summed E-state index contributed by atoms with van der Waals surface area (Å²) in [4.78, 5) is 28.4. The Bertz CT molecular complexity index is 1390. The molecule has 0 saturated carbocycles. The zero-order valence-corrected chi connectivity index (χ0v) is 24.7. The van der Waals surface area contributed by atoms with E-state index in [-0.39, 0.29) is 23.3 Å². The van der Waals surface area contributed by atoms with Crippen molar-refractivity contribution in [1.82, 2.24) is 10.2 Å². The average Bonchev–Trinajstić information content (AvgIpc) is 2.90. The molecule has 1 atom stereocenters. The Morgan fingerprint density at radius 1 is 0.872 bits per heavy atom. The van der Waals surface area contributed by atoms with E-state index in [1.54, 1.807) is 74.5 Å². The van der Waals surface area contributed by atoms with Gasteiger partial charge >= 0.3 is 0 Å². The fourth-order valence-corrected chi connectivity index (χ4v) is 5.98. The molecule has 0 saturated heterocycles. The molecule has 3 rings (SSSR count). The van der Waals surface area contributed by atoms with Crippen molar-refractivity contribution < 1.29 is 18.0 Å². The zero-order chi connectivity index (χ0) is 28.7. The standard InChI is InChI=1S/C29H33Cl2N3O4S/c1-20(2)17-32-29(36)22(4)33(18-24-25(30)14-10-15-26(24)31)28(35)19-34(27-16-9-8-11-21(27)3)39(37,38)23-12-6-5-7-13-23/h5-16,20,22H,17-19H2,1-4H3,(H,32,36)/t22-/m1/s1. The van der Waals surface area contributed by atoms with E-state index in [0.29, 0.717) is 33.4 Å². The minimum absolute atomic E-state index is 0.0458. The van der Waals surface area contributed by atoms with Crippen LogP contribution in [-0.4, -0.2) is 44.3 Å². The van der Waals surface area contributed by atoms with Crippen LogP contribution in [0.4, 0.5) is 5.69 Å².